The fourth-order valence-corrected chi connectivity index (χ4v) is 3.13. The normalized spacial score (nSPS) is 37.6. The van der Waals surface area contributed by atoms with E-state index >= 15 is 0 Å². The molecule has 4 heteroatoms. The van der Waals surface area contributed by atoms with Crippen molar-refractivity contribution in [3.63, 3.8) is 0 Å². The Bertz CT molecular complexity index is 313. The number of methoxy groups -OCH3 is 1. The summed E-state index contributed by atoms with van der Waals surface area (Å²) in [5.74, 6) is 0.255. The lowest BCUT2D eigenvalue weighted by Crippen LogP contribution is -2.61. The number of hydrogen-bond acceptors (Lipinski definition) is 3. The molecule has 2 saturated heterocycles. The Morgan fingerprint density at radius 2 is 2.00 bits per heavy atom. The third-order valence-corrected chi connectivity index (χ3v) is 4.53. The summed E-state index contributed by atoms with van der Waals surface area (Å²) in [7, 11) is 1.74. The van der Waals surface area contributed by atoms with Gasteiger partial charge in [-0.2, -0.15) is 0 Å². The van der Waals surface area contributed by atoms with E-state index in [4.69, 9.17) is 4.74 Å². The molecule has 18 heavy (non-hydrogen) atoms. The molecule has 104 valence electrons. The highest BCUT2D eigenvalue weighted by molar-refractivity contribution is 5.86. The van der Waals surface area contributed by atoms with Crippen LogP contribution in [0.3, 0.4) is 0 Å². The second kappa shape index (κ2) is 5.17. The average molecular weight is 254 g/mol. The van der Waals surface area contributed by atoms with Crippen LogP contribution in [0.4, 0.5) is 0 Å². The number of piperidine rings is 2. The van der Waals surface area contributed by atoms with Crippen molar-refractivity contribution in [3.8, 4) is 0 Å². The number of amides is 1. The van der Waals surface area contributed by atoms with Gasteiger partial charge in [-0.05, 0) is 52.5 Å². The quantitative estimate of drug-likeness (QED) is 0.813. The van der Waals surface area contributed by atoms with Gasteiger partial charge in [-0.3, -0.25) is 4.79 Å². The molecule has 0 bridgehead atoms. The lowest BCUT2D eigenvalue weighted by Gasteiger charge is -2.44. The molecule has 0 aromatic rings. The van der Waals surface area contributed by atoms with Crippen LogP contribution in [0.25, 0.3) is 0 Å². The molecule has 2 unspecified atom stereocenters. The van der Waals surface area contributed by atoms with Crippen LogP contribution < -0.4 is 5.32 Å². The maximum Gasteiger partial charge on any atom is 0.242 e. The molecule has 2 aliphatic rings. The molecule has 0 aromatic carbocycles. The maximum atomic E-state index is 12.7. The van der Waals surface area contributed by atoms with Crippen LogP contribution >= 0.6 is 0 Å². The first kappa shape index (κ1) is 13.8. The highest BCUT2D eigenvalue weighted by atomic mass is 16.5. The van der Waals surface area contributed by atoms with E-state index in [9.17, 15) is 4.79 Å². The van der Waals surface area contributed by atoms with Crippen LogP contribution in [0, 0.1) is 0 Å². The van der Waals surface area contributed by atoms with Gasteiger partial charge >= 0.3 is 0 Å². The molecule has 0 aromatic heterocycles. The summed E-state index contributed by atoms with van der Waals surface area (Å²) in [6.45, 7) is 6.70. The zero-order valence-corrected chi connectivity index (χ0v) is 11.9. The van der Waals surface area contributed by atoms with Gasteiger partial charge in [0.25, 0.3) is 0 Å². The van der Waals surface area contributed by atoms with Crippen molar-refractivity contribution < 1.29 is 9.53 Å². The molecular weight excluding hydrogens is 228 g/mol. The van der Waals surface area contributed by atoms with Crippen molar-refractivity contribution >= 4 is 5.91 Å². The smallest absolute Gasteiger partial charge is 0.242 e. The number of carbonyl (C=O) groups is 1. The van der Waals surface area contributed by atoms with Gasteiger partial charge in [0.15, 0.2) is 0 Å². The van der Waals surface area contributed by atoms with Gasteiger partial charge in [-0.1, -0.05) is 0 Å². The van der Waals surface area contributed by atoms with Crippen molar-refractivity contribution in [1.29, 1.82) is 0 Å². The summed E-state index contributed by atoms with van der Waals surface area (Å²) in [6, 6.07) is 0. The van der Waals surface area contributed by atoms with Crippen molar-refractivity contribution in [2.75, 3.05) is 26.7 Å². The molecule has 0 aliphatic carbocycles. The lowest BCUT2D eigenvalue weighted by atomic mass is 9.87. The minimum absolute atomic E-state index is 0.168. The number of ether oxygens (including phenoxy) is 1. The molecule has 2 rings (SSSR count). The van der Waals surface area contributed by atoms with E-state index in [1.54, 1.807) is 7.11 Å². The SMILES string of the molecule is COC1(C)CCCN(C(=O)C2(C)CCCCN2)C1. The number of rotatable bonds is 2. The summed E-state index contributed by atoms with van der Waals surface area (Å²) < 4.78 is 5.57. The molecule has 1 N–H and O–H groups in total. The van der Waals surface area contributed by atoms with E-state index in [1.165, 1.54) is 6.42 Å². The first-order chi connectivity index (χ1) is 8.49. The van der Waals surface area contributed by atoms with E-state index in [-0.39, 0.29) is 17.0 Å². The molecule has 4 nitrogen and oxygen atoms in total. The number of nitrogens with zero attached hydrogens (tertiary/aromatic N) is 1. The molecule has 0 spiro atoms. The fraction of sp³-hybridized carbons (Fsp3) is 0.929. The number of carbonyl (C=O) groups excluding carboxylic acids is 1. The minimum Gasteiger partial charge on any atom is -0.377 e. The van der Waals surface area contributed by atoms with Gasteiger partial charge in [0, 0.05) is 20.2 Å². The maximum absolute atomic E-state index is 12.7. The van der Waals surface area contributed by atoms with Crippen molar-refractivity contribution in [3.05, 3.63) is 0 Å². The number of hydrogen-bond donors (Lipinski definition) is 1. The molecule has 0 saturated carbocycles. The zero-order valence-electron chi connectivity index (χ0n) is 11.9. The van der Waals surface area contributed by atoms with E-state index in [0.717, 1.165) is 45.3 Å². The zero-order chi connectivity index (χ0) is 13.2. The lowest BCUT2D eigenvalue weighted by molar-refractivity contribution is -0.146. The minimum atomic E-state index is -0.357. The number of likely N-dealkylation sites (tertiary alicyclic amines) is 1. The van der Waals surface area contributed by atoms with Crippen LogP contribution in [-0.4, -0.2) is 48.7 Å². The highest BCUT2D eigenvalue weighted by Gasteiger charge is 2.41. The van der Waals surface area contributed by atoms with Crippen LogP contribution in [0.2, 0.25) is 0 Å². The van der Waals surface area contributed by atoms with Crippen LogP contribution in [0.15, 0.2) is 0 Å². The Kier molecular flexibility index (Phi) is 3.97. The topological polar surface area (TPSA) is 41.6 Å². The Morgan fingerprint density at radius 1 is 1.22 bits per heavy atom. The van der Waals surface area contributed by atoms with Gasteiger partial charge in [0.1, 0.15) is 0 Å². The summed E-state index contributed by atoms with van der Waals surface area (Å²) in [4.78, 5) is 14.7. The Labute approximate surface area is 110 Å². The second-order valence-corrected chi connectivity index (χ2v) is 6.20. The van der Waals surface area contributed by atoms with Crippen LogP contribution in [-0.2, 0) is 9.53 Å². The Morgan fingerprint density at radius 3 is 2.61 bits per heavy atom. The average Bonchev–Trinajstić information content (AvgIpc) is 2.39. The summed E-state index contributed by atoms with van der Waals surface area (Å²) in [6.07, 6.45) is 5.35. The molecular formula is C14H26N2O2. The van der Waals surface area contributed by atoms with E-state index in [2.05, 4.69) is 12.2 Å². The fourth-order valence-electron chi connectivity index (χ4n) is 3.13. The predicted molar refractivity (Wildman–Crippen MR) is 71.5 cm³/mol. The van der Waals surface area contributed by atoms with Crippen molar-refractivity contribution in [2.24, 2.45) is 0 Å². The third kappa shape index (κ3) is 2.69. The van der Waals surface area contributed by atoms with E-state index < -0.39 is 0 Å². The monoisotopic (exact) mass is 254 g/mol. The van der Waals surface area contributed by atoms with Gasteiger partial charge in [0.05, 0.1) is 11.1 Å². The molecule has 2 atom stereocenters. The second-order valence-electron chi connectivity index (χ2n) is 6.20. The van der Waals surface area contributed by atoms with Gasteiger partial charge in [-0.25, -0.2) is 0 Å². The van der Waals surface area contributed by atoms with Crippen LogP contribution in [0.1, 0.15) is 46.0 Å². The summed E-state index contributed by atoms with van der Waals surface area (Å²) in [5, 5.41) is 3.41. The first-order valence-electron chi connectivity index (χ1n) is 7.09. The van der Waals surface area contributed by atoms with Gasteiger partial charge in [-0.15, -0.1) is 0 Å². The van der Waals surface area contributed by atoms with E-state index in [0.29, 0.717) is 0 Å². The van der Waals surface area contributed by atoms with Crippen molar-refractivity contribution in [2.45, 2.75) is 57.1 Å². The number of nitrogens with one attached hydrogen (secondary N) is 1. The van der Waals surface area contributed by atoms with Crippen molar-refractivity contribution in [1.82, 2.24) is 10.2 Å². The first-order valence-corrected chi connectivity index (χ1v) is 7.09. The standard InChI is InChI=1S/C14H26N2O2/c1-13(18-3)7-6-10-16(11-13)12(17)14(2)8-4-5-9-15-14/h15H,4-11H2,1-3H3. The van der Waals surface area contributed by atoms with Crippen LogP contribution in [0.5, 0.6) is 0 Å². The third-order valence-electron chi connectivity index (χ3n) is 4.53. The van der Waals surface area contributed by atoms with E-state index in [1.807, 2.05) is 11.8 Å². The molecule has 2 fully saturated rings. The molecule has 2 heterocycles. The molecule has 1 amide bonds. The molecule has 2 aliphatic heterocycles. The predicted octanol–water partition coefficient (Wildman–Crippen LogP) is 1.55. The summed E-state index contributed by atoms with van der Waals surface area (Å²) >= 11 is 0. The largest absolute Gasteiger partial charge is 0.377 e. The Balaban J connectivity index is 2.04. The Hall–Kier alpha value is -0.610. The van der Waals surface area contributed by atoms with Gasteiger partial charge in [0.2, 0.25) is 5.91 Å². The molecule has 0 radical (unpaired) electrons. The van der Waals surface area contributed by atoms with Gasteiger partial charge < -0.3 is 15.0 Å². The highest BCUT2D eigenvalue weighted by Crippen LogP contribution is 2.28. The summed E-state index contributed by atoms with van der Waals surface area (Å²) in [5.41, 5.74) is -0.525.